The molecule has 0 aliphatic carbocycles. The normalized spacial score (nSPS) is 19.9. The van der Waals surface area contributed by atoms with E-state index in [1.54, 1.807) is 0 Å². The van der Waals surface area contributed by atoms with Gasteiger partial charge in [-0.05, 0) is 20.4 Å². The average Bonchev–Trinajstić information content (AvgIpc) is 2.45. The standard InChI is InChI=1S/C14H25N5O/c1-4-15-13-8-14(18-11(3)17-13)16-9-12-10-19(5-2)6-7-20-12/h8,12H,4-7,9-10H2,1-3H3,(H2,15,16,17,18). The minimum Gasteiger partial charge on any atom is -0.374 e. The highest BCUT2D eigenvalue weighted by Gasteiger charge is 2.19. The van der Waals surface area contributed by atoms with Crippen LogP contribution in [0.3, 0.4) is 0 Å². The Balaban J connectivity index is 1.89. The molecule has 6 nitrogen and oxygen atoms in total. The Hall–Kier alpha value is -1.40. The second-order valence-electron chi connectivity index (χ2n) is 4.98. The van der Waals surface area contributed by atoms with Gasteiger partial charge >= 0.3 is 0 Å². The zero-order valence-electron chi connectivity index (χ0n) is 12.6. The molecular weight excluding hydrogens is 254 g/mol. The van der Waals surface area contributed by atoms with Gasteiger partial charge in [0.1, 0.15) is 17.5 Å². The van der Waals surface area contributed by atoms with Crippen molar-refractivity contribution in [1.82, 2.24) is 14.9 Å². The monoisotopic (exact) mass is 279 g/mol. The summed E-state index contributed by atoms with van der Waals surface area (Å²) in [4.78, 5) is 11.2. The van der Waals surface area contributed by atoms with Crippen LogP contribution >= 0.6 is 0 Å². The first-order valence-corrected chi connectivity index (χ1v) is 7.38. The quantitative estimate of drug-likeness (QED) is 0.819. The van der Waals surface area contributed by atoms with Crippen molar-refractivity contribution in [3.05, 3.63) is 11.9 Å². The van der Waals surface area contributed by atoms with Gasteiger partial charge < -0.3 is 15.4 Å². The maximum atomic E-state index is 5.78. The maximum absolute atomic E-state index is 5.78. The van der Waals surface area contributed by atoms with E-state index in [4.69, 9.17) is 4.74 Å². The lowest BCUT2D eigenvalue weighted by atomic mass is 10.2. The van der Waals surface area contributed by atoms with E-state index >= 15 is 0 Å². The third-order valence-electron chi connectivity index (χ3n) is 3.38. The summed E-state index contributed by atoms with van der Waals surface area (Å²) in [5.74, 6) is 2.48. The third kappa shape index (κ3) is 4.31. The van der Waals surface area contributed by atoms with E-state index in [9.17, 15) is 0 Å². The topological polar surface area (TPSA) is 62.3 Å². The number of aromatic nitrogens is 2. The minimum atomic E-state index is 0.224. The number of nitrogens with zero attached hydrogens (tertiary/aromatic N) is 3. The van der Waals surface area contributed by atoms with E-state index in [0.717, 1.165) is 56.8 Å². The van der Waals surface area contributed by atoms with Crippen LogP contribution in [0.1, 0.15) is 19.7 Å². The van der Waals surface area contributed by atoms with Gasteiger partial charge in [0, 0.05) is 32.2 Å². The van der Waals surface area contributed by atoms with Gasteiger partial charge in [0.25, 0.3) is 0 Å². The van der Waals surface area contributed by atoms with Crippen LogP contribution in [-0.2, 0) is 4.74 Å². The zero-order chi connectivity index (χ0) is 14.4. The molecule has 1 aromatic rings. The molecule has 1 unspecified atom stereocenters. The fraction of sp³-hybridized carbons (Fsp3) is 0.714. The van der Waals surface area contributed by atoms with Crippen molar-refractivity contribution in [3.63, 3.8) is 0 Å². The number of hydrogen-bond donors (Lipinski definition) is 2. The van der Waals surface area contributed by atoms with Gasteiger partial charge in [-0.15, -0.1) is 0 Å². The first kappa shape index (κ1) is 15.0. The van der Waals surface area contributed by atoms with Crippen LogP contribution in [0.4, 0.5) is 11.6 Å². The van der Waals surface area contributed by atoms with Crippen molar-refractivity contribution in [2.45, 2.75) is 26.9 Å². The van der Waals surface area contributed by atoms with Gasteiger partial charge in [-0.3, -0.25) is 4.90 Å². The molecule has 6 heteroatoms. The molecule has 112 valence electrons. The molecule has 0 radical (unpaired) electrons. The highest BCUT2D eigenvalue weighted by Crippen LogP contribution is 2.12. The average molecular weight is 279 g/mol. The predicted octanol–water partition coefficient (Wildman–Crippen LogP) is 1.35. The number of hydrogen-bond acceptors (Lipinski definition) is 6. The van der Waals surface area contributed by atoms with Gasteiger partial charge in [0.15, 0.2) is 0 Å². The van der Waals surface area contributed by atoms with Crippen molar-refractivity contribution in [3.8, 4) is 0 Å². The van der Waals surface area contributed by atoms with E-state index in [1.807, 2.05) is 13.0 Å². The van der Waals surface area contributed by atoms with Crippen LogP contribution in [0.25, 0.3) is 0 Å². The van der Waals surface area contributed by atoms with Gasteiger partial charge in [-0.25, -0.2) is 9.97 Å². The van der Waals surface area contributed by atoms with E-state index in [1.165, 1.54) is 0 Å². The van der Waals surface area contributed by atoms with Crippen LogP contribution in [0.5, 0.6) is 0 Å². The molecule has 1 atom stereocenters. The summed E-state index contributed by atoms with van der Waals surface area (Å²) in [5.41, 5.74) is 0. The summed E-state index contributed by atoms with van der Waals surface area (Å²) in [6.07, 6.45) is 0.224. The van der Waals surface area contributed by atoms with Gasteiger partial charge in [-0.1, -0.05) is 6.92 Å². The summed E-state index contributed by atoms with van der Waals surface area (Å²) in [6, 6.07) is 1.94. The largest absolute Gasteiger partial charge is 0.374 e. The van der Waals surface area contributed by atoms with Crippen molar-refractivity contribution in [2.24, 2.45) is 0 Å². The van der Waals surface area contributed by atoms with E-state index in [0.29, 0.717) is 0 Å². The van der Waals surface area contributed by atoms with Crippen molar-refractivity contribution in [1.29, 1.82) is 0 Å². The first-order valence-electron chi connectivity index (χ1n) is 7.38. The van der Waals surface area contributed by atoms with Gasteiger partial charge in [0.05, 0.1) is 12.7 Å². The number of nitrogens with one attached hydrogen (secondary N) is 2. The van der Waals surface area contributed by atoms with Gasteiger partial charge in [-0.2, -0.15) is 0 Å². The Morgan fingerprint density at radius 3 is 2.75 bits per heavy atom. The number of aryl methyl sites for hydroxylation is 1. The van der Waals surface area contributed by atoms with Crippen molar-refractivity contribution >= 4 is 11.6 Å². The Kier molecular flexibility index (Phi) is 5.55. The zero-order valence-corrected chi connectivity index (χ0v) is 12.6. The fourth-order valence-electron chi connectivity index (χ4n) is 2.34. The van der Waals surface area contributed by atoms with Crippen LogP contribution in [0.2, 0.25) is 0 Å². The molecule has 1 aromatic heterocycles. The second kappa shape index (κ2) is 7.40. The lowest BCUT2D eigenvalue weighted by Gasteiger charge is -2.32. The number of anilines is 2. The van der Waals surface area contributed by atoms with E-state index in [2.05, 4.69) is 39.3 Å². The molecule has 0 bridgehead atoms. The predicted molar refractivity (Wildman–Crippen MR) is 81.3 cm³/mol. The lowest BCUT2D eigenvalue weighted by molar-refractivity contribution is -0.0192. The van der Waals surface area contributed by atoms with Crippen LogP contribution in [0.15, 0.2) is 6.07 Å². The Bertz CT molecular complexity index is 426. The van der Waals surface area contributed by atoms with Gasteiger partial charge in [0.2, 0.25) is 0 Å². The molecule has 0 saturated carbocycles. The number of ether oxygens (including phenoxy) is 1. The molecule has 2 heterocycles. The highest BCUT2D eigenvalue weighted by atomic mass is 16.5. The molecule has 2 N–H and O–H groups in total. The molecule has 2 rings (SSSR count). The fourth-order valence-corrected chi connectivity index (χ4v) is 2.34. The van der Waals surface area contributed by atoms with E-state index in [-0.39, 0.29) is 6.10 Å². The first-order chi connectivity index (χ1) is 9.71. The highest BCUT2D eigenvalue weighted by molar-refractivity contribution is 5.47. The molecule has 0 spiro atoms. The number of morpholine rings is 1. The molecule has 20 heavy (non-hydrogen) atoms. The second-order valence-corrected chi connectivity index (χ2v) is 4.98. The smallest absolute Gasteiger partial charge is 0.131 e. The maximum Gasteiger partial charge on any atom is 0.131 e. The molecule has 1 saturated heterocycles. The Labute approximate surface area is 120 Å². The summed E-state index contributed by atoms with van der Waals surface area (Å²) < 4.78 is 5.78. The van der Waals surface area contributed by atoms with Crippen LogP contribution in [0, 0.1) is 6.92 Å². The molecule has 1 aliphatic rings. The SMILES string of the molecule is CCNc1cc(NCC2CN(CC)CCO2)nc(C)n1. The summed E-state index contributed by atoms with van der Waals surface area (Å²) in [6.45, 7) is 11.7. The lowest BCUT2D eigenvalue weighted by Crippen LogP contribution is -2.45. The Morgan fingerprint density at radius 2 is 2.05 bits per heavy atom. The summed E-state index contributed by atoms with van der Waals surface area (Å²) in [7, 11) is 0. The third-order valence-corrected chi connectivity index (χ3v) is 3.38. The minimum absolute atomic E-state index is 0.224. The van der Waals surface area contributed by atoms with Crippen LogP contribution in [-0.4, -0.2) is 60.3 Å². The van der Waals surface area contributed by atoms with Crippen molar-refractivity contribution in [2.75, 3.05) is 50.0 Å². The molecular formula is C14H25N5O. The molecule has 0 amide bonds. The summed E-state index contributed by atoms with van der Waals surface area (Å²) in [5, 5.41) is 6.57. The molecule has 1 aliphatic heterocycles. The van der Waals surface area contributed by atoms with E-state index < -0.39 is 0 Å². The van der Waals surface area contributed by atoms with Crippen LogP contribution < -0.4 is 10.6 Å². The number of likely N-dealkylation sites (N-methyl/N-ethyl adjacent to an activating group) is 1. The Morgan fingerprint density at radius 1 is 1.30 bits per heavy atom. The van der Waals surface area contributed by atoms with Crippen molar-refractivity contribution < 1.29 is 4.74 Å². The molecule has 1 fully saturated rings. The number of rotatable bonds is 6. The molecule has 0 aromatic carbocycles. The summed E-state index contributed by atoms with van der Waals surface area (Å²) >= 11 is 0.